The molecule has 0 radical (unpaired) electrons. The van der Waals surface area contributed by atoms with Crippen molar-refractivity contribution in [3.05, 3.63) is 64.7 Å². The van der Waals surface area contributed by atoms with Crippen molar-refractivity contribution in [2.75, 3.05) is 6.61 Å². The summed E-state index contributed by atoms with van der Waals surface area (Å²) >= 11 is 0. The molecule has 1 heterocycles. The number of ether oxygens (including phenoxy) is 1. The maximum Gasteiger partial charge on any atom is 0.122 e. The van der Waals surface area contributed by atoms with Gasteiger partial charge in [-0.1, -0.05) is 36.8 Å². The normalized spacial score (nSPS) is 18.7. The number of benzene rings is 2. The predicted octanol–water partition coefficient (Wildman–Crippen LogP) is 3.97. The topological polar surface area (TPSA) is 29.5 Å². The molecule has 2 aromatic carbocycles. The SMILES string of the molecule is OC(c1cccc(C2CCC2)c1)c1ccc2c(c1)CCO2. The molecule has 0 aromatic heterocycles. The zero-order valence-corrected chi connectivity index (χ0v) is 12.1. The summed E-state index contributed by atoms with van der Waals surface area (Å²) in [7, 11) is 0. The van der Waals surface area contributed by atoms with E-state index in [1.54, 1.807) is 0 Å². The van der Waals surface area contributed by atoms with Crippen molar-refractivity contribution in [2.24, 2.45) is 0 Å². The van der Waals surface area contributed by atoms with Crippen molar-refractivity contribution >= 4 is 0 Å². The average molecular weight is 280 g/mol. The third kappa shape index (κ3) is 2.34. The lowest BCUT2D eigenvalue weighted by atomic mass is 9.79. The molecule has 1 aliphatic carbocycles. The molecular weight excluding hydrogens is 260 g/mol. The standard InChI is InChI=1S/C19H20O2/c20-19(17-7-8-18-15(12-17)9-10-21-18)16-6-2-5-14(11-16)13-3-1-4-13/h2,5-8,11-13,19-20H,1,3-4,9-10H2. The molecule has 2 aromatic rings. The summed E-state index contributed by atoms with van der Waals surface area (Å²) in [5.41, 5.74) is 4.55. The minimum atomic E-state index is -0.545. The summed E-state index contributed by atoms with van der Waals surface area (Å²) in [5.74, 6) is 1.67. The van der Waals surface area contributed by atoms with Gasteiger partial charge >= 0.3 is 0 Å². The van der Waals surface area contributed by atoms with Gasteiger partial charge in [0.1, 0.15) is 11.9 Å². The van der Waals surface area contributed by atoms with Crippen LogP contribution in [0.5, 0.6) is 5.75 Å². The van der Waals surface area contributed by atoms with Gasteiger partial charge in [-0.05, 0) is 53.1 Å². The lowest BCUT2D eigenvalue weighted by Gasteiger charge is -2.26. The molecule has 1 atom stereocenters. The van der Waals surface area contributed by atoms with Crippen LogP contribution in [-0.4, -0.2) is 11.7 Å². The van der Waals surface area contributed by atoms with Crippen molar-refractivity contribution < 1.29 is 9.84 Å². The molecule has 108 valence electrons. The Morgan fingerprint density at radius 2 is 1.90 bits per heavy atom. The minimum absolute atomic E-state index is 0.545. The highest BCUT2D eigenvalue weighted by atomic mass is 16.5. The van der Waals surface area contributed by atoms with Crippen molar-refractivity contribution in [2.45, 2.75) is 37.7 Å². The van der Waals surface area contributed by atoms with E-state index >= 15 is 0 Å². The number of aliphatic hydroxyl groups is 1. The monoisotopic (exact) mass is 280 g/mol. The molecule has 1 N–H and O–H groups in total. The Balaban J connectivity index is 1.63. The first-order chi connectivity index (χ1) is 10.3. The molecule has 0 saturated heterocycles. The third-order valence-corrected chi connectivity index (χ3v) is 4.83. The van der Waals surface area contributed by atoms with Crippen LogP contribution in [0.2, 0.25) is 0 Å². The van der Waals surface area contributed by atoms with E-state index in [4.69, 9.17) is 4.74 Å². The van der Waals surface area contributed by atoms with Gasteiger partial charge < -0.3 is 9.84 Å². The number of aliphatic hydroxyl groups excluding tert-OH is 1. The fourth-order valence-corrected chi connectivity index (χ4v) is 3.29. The number of fused-ring (bicyclic) bond motifs is 1. The summed E-state index contributed by atoms with van der Waals surface area (Å²) in [6.45, 7) is 0.756. The number of rotatable bonds is 3. The van der Waals surface area contributed by atoms with E-state index in [1.165, 1.54) is 30.4 Å². The largest absolute Gasteiger partial charge is 0.493 e. The van der Waals surface area contributed by atoms with E-state index in [9.17, 15) is 5.11 Å². The van der Waals surface area contributed by atoms with Gasteiger partial charge in [0.15, 0.2) is 0 Å². The Bertz CT molecular complexity index is 658. The van der Waals surface area contributed by atoms with Crippen LogP contribution in [0.25, 0.3) is 0 Å². The van der Waals surface area contributed by atoms with E-state index in [1.807, 2.05) is 18.2 Å². The van der Waals surface area contributed by atoms with E-state index < -0.39 is 6.10 Å². The first-order valence-corrected chi connectivity index (χ1v) is 7.85. The van der Waals surface area contributed by atoms with Crippen molar-refractivity contribution in [1.82, 2.24) is 0 Å². The summed E-state index contributed by atoms with van der Waals surface area (Å²) in [4.78, 5) is 0. The van der Waals surface area contributed by atoms with Crippen molar-refractivity contribution in [3.63, 3.8) is 0 Å². The number of hydrogen-bond donors (Lipinski definition) is 1. The molecule has 21 heavy (non-hydrogen) atoms. The van der Waals surface area contributed by atoms with Gasteiger partial charge in [0.25, 0.3) is 0 Å². The lowest BCUT2D eigenvalue weighted by Crippen LogP contribution is -2.09. The molecule has 0 bridgehead atoms. The zero-order valence-electron chi connectivity index (χ0n) is 12.1. The van der Waals surface area contributed by atoms with Crippen LogP contribution in [-0.2, 0) is 6.42 Å². The summed E-state index contributed by atoms with van der Waals surface area (Å²) in [6.07, 6.45) is 4.31. The quantitative estimate of drug-likeness (QED) is 0.921. The number of hydrogen-bond acceptors (Lipinski definition) is 2. The fourth-order valence-electron chi connectivity index (χ4n) is 3.29. The lowest BCUT2D eigenvalue weighted by molar-refractivity contribution is 0.220. The second-order valence-electron chi connectivity index (χ2n) is 6.17. The van der Waals surface area contributed by atoms with Crippen LogP contribution in [0, 0.1) is 0 Å². The highest BCUT2D eigenvalue weighted by molar-refractivity contribution is 5.43. The molecule has 1 aliphatic heterocycles. The summed E-state index contributed by atoms with van der Waals surface area (Å²) in [5, 5.41) is 10.7. The maximum absolute atomic E-state index is 10.7. The second-order valence-corrected chi connectivity index (χ2v) is 6.17. The zero-order chi connectivity index (χ0) is 14.2. The Morgan fingerprint density at radius 3 is 2.71 bits per heavy atom. The van der Waals surface area contributed by atoms with Crippen LogP contribution in [0.3, 0.4) is 0 Å². The molecular formula is C19H20O2. The summed E-state index contributed by atoms with van der Waals surface area (Å²) in [6, 6.07) is 14.5. The molecule has 0 amide bonds. The van der Waals surface area contributed by atoms with Gasteiger partial charge in [-0.3, -0.25) is 0 Å². The van der Waals surface area contributed by atoms with E-state index in [-0.39, 0.29) is 0 Å². The molecule has 4 rings (SSSR count). The molecule has 1 unspecified atom stereocenters. The van der Waals surface area contributed by atoms with Crippen molar-refractivity contribution in [1.29, 1.82) is 0 Å². The van der Waals surface area contributed by atoms with E-state index in [2.05, 4.69) is 24.3 Å². The Morgan fingerprint density at radius 1 is 1.05 bits per heavy atom. The average Bonchev–Trinajstić information content (AvgIpc) is 2.92. The van der Waals surface area contributed by atoms with Gasteiger partial charge in [-0.15, -0.1) is 0 Å². The molecule has 1 fully saturated rings. The molecule has 2 heteroatoms. The van der Waals surface area contributed by atoms with Gasteiger partial charge in [0.2, 0.25) is 0 Å². The van der Waals surface area contributed by atoms with Crippen LogP contribution in [0.1, 0.15) is 53.5 Å². The highest BCUT2D eigenvalue weighted by Gasteiger charge is 2.21. The molecule has 2 nitrogen and oxygen atoms in total. The second kappa shape index (κ2) is 5.19. The van der Waals surface area contributed by atoms with Gasteiger partial charge in [0, 0.05) is 6.42 Å². The van der Waals surface area contributed by atoms with Crippen LogP contribution < -0.4 is 4.74 Å². The smallest absolute Gasteiger partial charge is 0.122 e. The van der Waals surface area contributed by atoms with Crippen molar-refractivity contribution in [3.8, 4) is 5.75 Å². The van der Waals surface area contributed by atoms with Crippen LogP contribution in [0.15, 0.2) is 42.5 Å². The van der Waals surface area contributed by atoms with E-state index in [0.29, 0.717) is 5.92 Å². The molecule has 2 aliphatic rings. The Hall–Kier alpha value is -1.80. The van der Waals surface area contributed by atoms with Crippen LogP contribution >= 0.6 is 0 Å². The third-order valence-electron chi connectivity index (χ3n) is 4.83. The van der Waals surface area contributed by atoms with Gasteiger partial charge in [0.05, 0.1) is 6.61 Å². The molecule has 1 saturated carbocycles. The maximum atomic E-state index is 10.7. The highest BCUT2D eigenvalue weighted by Crippen LogP contribution is 2.38. The Kier molecular flexibility index (Phi) is 3.19. The summed E-state index contributed by atoms with van der Waals surface area (Å²) < 4.78 is 5.53. The van der Waals surface area contributed by atoms with Gasteiger partial charge in [-0.2, -0.15) is 0 Å². The first kappa shape index (κ1) is 12.9. The molecule has 0 spiro atoms. The predicted molar refractivity (Wildman–Crippen MR) is 82.7 cm³/mol. The van der Waals surface area contributed by atoms with Gasteiger partial charge in [-0.25, -0.2) is 0 Å². The van der Waals surface area contributed by atoms with E-state index in [0.717, 1.165) is 29.9 Å². The minimum Gasteiger partial charge on any atom is -0.493 e. The Labute approximate surface area is 125 Å². The fraction of sp³-hybridized carbons (Fsp3) is 0.368. The first-order valence-electron chi connectivity index (χ1n) is 7.85. The van der Waals surface area contributed by atoms with Crippen LogP contribution in [0.4, 0.5) is 0 Å².